The summed E-state index contributed by atoms with van der Waals surface area (Å²) >= 11 is 0. The maximum absolute atomic E-state index is 5.26. The van der Waals surface area contributed by atoms with Crippen LogP contribution < -0.4 is 0 Å². The molecular weight excluding hydrogens is 124 g/mol. The van der Waals surface area contributed by atoms with Crippen molar-refractivity contribution in [2.45, 2.75) is 19.4 Å². The van der Waals surface area contributed by atoms with Crippen molar-refractivity contribution in [3.8, 4) is 0 Å². The van der Waals surface area contributed by atoms with Crippen LogP contribution in [-0.2, 0) is 4.74 Å². The summed E-state index contributed by atoms with van der Waals surface area (Å²) in [4.78, 5) is 0. The van der Waals surface area contributed by atoms with E-state index in [0.717, 1.165) is 6.42 Å². The molecule has 0 radical (unpaired) electrons. The van der Waals surface area contributed by atoms with Crippen molar-refractivity contribution < 1.29 is 4.74 Å². The number of methoxy groups -OCH3 is 1. The molecule has 1 aliphatic carbocycles. The summed E-state index contributed by atoms with van der Waals surface area (Å²) in [5.41, 5.74) is 1.18. The molecule has 0 aromatic heterocycles. The van der Waals surface area contributed by atoms with Crippen molar-refractivity contribution in [1.29, 1.82) is 0 Å². The number of rotatable bonds is 1. The normalized spacial score (nSPS) is 32.8. The summed E-state index contributed by atoms with van der Waals surface area (Å²) in [5, 5.41) is 0. The third-order valence-electron chi connectivity index (χ3n) is 2.15. The van der Waals surface area contributed by atoms with Gasteiger partial charge < -0.3 is 4.74 Å². The van der Waals surface area contributed by atoms with E-state index in [0.29, 0.717) is 12.0 Å². The molecule has 0 saturated heterocycles. The Morgan fingerprint density at radius 2 is 2.40 bits per heavy atom. The Kier molecular flexibility index (Phi) is 2.28. The molecule has 2 atom stereocenters. The molecule has 0 spiro atoms. The van der Waals surface area contributed by atoms with Gasteiger partial charge in [-0.2, -0.15) is 0 Å². The summed E-state index contributed by atoms with van der Waals surface area (Å²) in [5.74, 6) is 0.481. The zero-order valence-electron chi connectivity index (χ0n) is 6.63. The molecule has 1 rings (SSSR count). The zero-order valence-corrected chi connectivity index (χ0v) is 6.63. The minimum absolute atomic E-state index is 0.345. The molecule has 2 unspecified atom stereocenters. The SMILES string of the molecule is C=C1C=CCC(OC)C1C. The summed E-state index contributed by atoms with van der Waals surface area (Å²) in [6, 6.07) is 0. The third-order valence-corrected chi connectivity index (χ3v) is 2.15. The predicted molar refractivity (Wildman–Crippen MR) is 42.9 cm³/mol. The van der Waals surface area contributed by atoms with Crippen molar-refractivity contribution >= 4 is 0 Å². The lowest BCUT2D eigenvalue weighted by atomic mass is 9.89. The van der Waals surface area contributed by atoms with E-state index in [2.05, 4.69) is 25.7 Å². The molecule has 0 heterocycles. The lowest BCUT2D eigenvalue weighted by molar-refractivity contribution is 0.0717. The van der Waals surface area contributed by atoms with Crippen molar-refractivity contribution in [3.63, 3.8) is 0 Å². The zero-order chi connectivity index (χ0) is 7.56. The molecule has 1 nitrogen and oxygen atoms in total. The highest BCUT2D eigenvalue weighted by Crippen LogP contribution is 2.24. The van der Waals surface area contributed by atoms with Gasteiger partial charge in [-0.25, -0.2) is 0 Å². The summed E-state index contributed by atoms with van der Waals surface area (Å²) in [7, 11) is 1.76. The second-order valence-electron chi connectivity index (χ2n) is 2.78. The molecule has 0 aliphatic heterocycles. The van der Waals surface area contributed by atoms with Crippen LogP contribution in [0.3, 0.4) is 0 Å². The van der Waals surface area contributed by atoms with Crippen molar-refractivity contribution in [2.75, 3.05) is 7.11 Å². The lowest BCUT2D eigenvalue weighted by Crippen LogP contribution is -2.22. The van der Waals surface area contributed by atoms with E-state index in [4.69, 9.17) is 4.74 Å². The Hall–Kier alpha value is -0.560. The van der Waals surface area contributed by atoms with Crippen molar-refractivity contribution in [3.05, 3.63) is 24.3 Å². The lowest BCUT2D eigenvalue weighted by Gasteiger charge is -2.25. The molecule has 0 aromatic rings. The van der Waals surface area contributed by atoms with E-state index in [1.54, 1.807) is 7.11 Å². The van der Waals surface area contributed by atoms with Crippen LogP contribution in [0.15, 0.2) is 24.3 Å². The highest BCUT2D eigenvalue weighted by molar-refractivity contribution is 5.22. The second-order valence-corrected chi connectivity index (χ2v) is 2.78. The average Bonchev–Trinajstić information content (AvgIpc) is 1.95. The maximum Gasteiger partial charge on any atom is 0.0671 e. The van der Waals surface area contributed by atoms with Crippen LogP contribution >= 0.6 is 0 Å². The Morgan fingerprint density at radius 3 is 2.90 bits per heavy atom. The van der Waals surface area contributed by atoms with Gasteiger partial charge in [-0.3, -0.25) is 0 Å². The second kappa shape index (κ2) is 3.02. The topological polar surface area (TPSA) is 9.23 Å². The minimum atomic E-state index is 0.345. The largest absolute Gasteiger partial charge is 0.381 e. The van der Waals surface area contributed by atoms with E-state index in [9.17, 15) is 0 Å². The highest BCUT2D eigenvalue weighted by atomic mass is 16.5. The number of ether oxygens (including phenoxy) is 1. The number of allylic oxidation sites excluding steroid dienone is 1. The van der Waals surface area contributed by atoms with Crippen LogP contribution in [0, 0.1) is 5.92 Å². The van der Waals surface area contributed by atoms with Crippen LogP contribution in [0.1, 0.15) is 13.3 Å². The molecule has 0 aromatic carbocycles. The first kappa shape index (κ1) is 7.55. The van der Waals surface area contributed by atoms with Gasteiger partial charge >= 0.3 is 0 Å². The summed E-state index contributed by atoms with van der Waals surface area (Å²) in [6.07, 6.45) is 5.57. The standard InChI is InChI=1S/C9H14O/c1-7-5-4-6-9(10-3)8(7)2/h4-5,8-9H,1,6H2,2-3H3. The van der Waals surface area contributed by atoms with Gasteiger partial charge in [0.1, 0.15) is 0 Å². The van der Waals surface area contributed by atoms with Crippen LogP contribution in [0.25, 0.3) is 0 Å². The van der Waals surface area contributed by atoms with Gasteiger partial charge in [-0.05, 0) is 6.42 Å². The van der Waals surface area contributed by atoms with Crippen molar-refractivity contribution in [1.82, 2.24) is 0 Å². The molecule has 1 aliphatic rings. The van der Waals surface area contributed by atoms with E-state index < -0.39 is 0 Å². The molecule has 1 heteroatoms. The van der Waals surface area contributed by atoms with Gasteiger partial charge in [-0.15, -0.1) is 0 Å². The van der Waals surface area contributed by atoms with Crippen LogP contribution in [0.4, 0.5) is 0 Å². The fourth-order valence-corrected chi connectivity index (χ4v) is 1.25. The van der Waals surface area contributed by atoms with Gasteiger partial charge in [0, 0.05) is 13.0 Å². The van der Waals surface area contributed by atoms with Gasteiger partial charge in [0.2, 0.25) is 0 Å². The van der Waals surface area contributed by atoms with E-state index >= 15 is 0 Å². The van der Waals surface area contributed by atoms with Gasteiger partial charge in [-0.1, -0.05) is 31.2 Å². The fraction of sp³-hybridized carbons (Fsp3) is 0.556. The summed E-state index contributed by atoms with van der Waals surface area (Å²) in [6.45, 7) is 6.08. The molecule has 0 saturated carbocycles. The van der Waals surface area contributed by atoms with Gasteiger partial charge in [0.05, 0.1) is 6.10 Å². The number of hydrogen-bond acceptors (Lipinski definition) is 1. The van der Waals surface area contributed by atoms with Crippen LogP contribution in [0.5, 0.6) is 0 Å². The first-order valence-electron chi connectivity index (χ1n) is 3.64. The molecule has 0 fully saturated rings. The van der Waals surface area contributed by atoms with E-state index in [1.807, 2.05) is 0 Å². The summed E-state index contributed by atoms with van der Waals surface area (Å²) < 4.78 is 5.26. The highest BCUT2D eigenvalue weighted by Gasteiger charge is 2.19. The third kappa shape index (κ3) is 1.29. The number of hydrogen-bond donors (Lipinski definition) is 0. The molecule has 0 N–H and O–H groups in total. The monoisotopic (exact) mass is 138 g/mol. The predicted octanol–water partition coefficient (Wildman–Crippen LogP) is 2.15. The Bertz CT molecular complexity index is 158. The molecule has 0 bridgehead atoms. The molecule has 56 valence electrons. The van der Waals surface area contributed by atoms with Crippen LogP contribution in [-0.4, -0.2) is 13.2 Å². The average molecular weight is 138 g/mol. The maximum atomic E-state index is 5.26. The first-order valence-corrected chi connectivity index (χ1v) is 3.64. The quantitative estimate of drug-likeness (QED) is 0.539. The molecular formula is C9H14O. The van der Waals surface area contributed by atoms with Crippen molar-refractivity contribution in [2.24, 2.45) is 5.92 Å². The first-order chi connectivity index (χ1) is 4.75. The Labute approximate surface area is 62.4 Å². The Morgan fingerprint density at radius 1 is 1.70 bits per heavy atom. The smallest absolute Gasteiger partial charge is 0.0671 e. The fourth-order valence-electron chi connectivity index (χ4n) is 1.25. The van der Waals surface area contributed by atoms with E-state index in [-0.39, 0.29) is 0 Å². The van der Waals surface area contributed by atoms with Gasteiger partial charge in [0.15, 0.2) is 0 Å². The van der Waals surface area contributed by atoms with Crippen LogP contribution in [0.2, 0.25) is 0 Å². The van der Waals surface area contributed by atoms with Gasteiger partial charge in [0.25, 0.3) is 0 Å². The van der Waals surface area contributed by atoms with E-state index in [1.165, 1.54) is 5.57 Å². The Balaban J connectivity index is 2.65. The molecule has 0 amide bonds. The molecule has 10 heavy (non-hydrogen) atoms. The minimum Gasteiger partial charge on any atom is -0.381 e.